The molecule has 0 aliphatic carbocycles. The van der Waals surface area contributed by atoms with Crippen molar-refractivity contribution < 1.29 is 13.5 Å². The molecule has 1 aliphatic heterocycles. The second-order valence-corrected chi connectivity index (χ2v) is 6.56. The summed E-state index contributed by atoms with van der Waals surface area (Å²) in [6.07, 6.45) is 3.22. The van der Waals surface area contributed by atoms with Gasteiger partial charge >= 0.3 is 6.61 Å². The molecular formula is C18H12Cl2F2N4O. The standard InChI is InChI=1S/C18H12Cl2F2N4O/c19-10-5-6-11(13(20)7-10)15-8-14(25-18-23-9-24-26(15)18)12-3-1-2-4-16(12)27-17(21)22/h1-9,15,17H,(H,23,24,25)/t15-/m0/s1. The molecule has 27 heavy (non-hydrogen) atoms. The molecule has 1 aliphatic rings. The summed E-state index contributed by atoms with van der Waals surface area (Å²) in [5, 5.41) is 8.30. The van der Waals surface area contributed by atoms with Gasteiger partial charge in [0.15, 0.2) is 0 Å². The number of alkyl halides is 2. The lowest BCUT2D eigenvalue weighted by Crippen LogP contribution is -2.21. The minimum absolute atomic E-state index is 0.0557. The van der Waals surface area contributed by atoms with Gasteiger partial charge in [-0.1, -0.05) is 41.4 Å². The molecule has 2 heterocycles. The number of allylic oxidation sites excluding steroid dienone is 1. The number of rotatable bonds is 4. The number of halogens is 4. The van der Waals surface area contributed by atoms with Crippen LogP contribution in [0.15, 0.2) is 54.9 Å². The van der Waals surface area contributed by atoms with Crippen molar-refractivity contribution >= 4 is 34.8 Å². The number of aromatic nitrogens is 3. The van der Waals surface area contributed by atoms with Crippen LogP contribution in [0.25, 0.3) is 5.70 Å². The Labute approximate surface area is 163 Å². The van der Waals surface area contributed by atoms with Crippen LogP contribution in [0, 0.1) is 0 Å². The molecule has 0 radical (unpaired) electrons. The number of ether oxygens (including phenoxy) is 1. The minimum Gasteiger partial charge on any atom is -0.434 e. The van der Waals surface area contributed by atoms with Crippen LogP contribution in [0.5, 0.6) is 5.75 Å². The van der Waals surface area contributed by atoms with Crippen molar-refractivity contribution in [3.05, 3.63) is 76.0 Å². The molecule has 1 N–H and O–H groups in total. The van der Waals surface area contributed by atoms with Crippen molar-refractivity contribution in [1.82, 2.24) is 14.8 Å². The zero-order valence-corrected chi connectivity index (χ0v) is 15.1. The number of anilines is 1. The highest BCUT2D eigenvalue weighted by Crippen LogP contribution is 2.38. The topological polar surface area (TPSA) is 52.0 Å². The highest BCUT2D eigenvalue weighted by Gasteiger charge is 2.26. The molecule has 1 aromatic heterocycles. The largest absolute Gasteiger partial charge is 0.434 e. The monoisotopic (exact) mass is 408 g/mol. The molecule has 4 rings (SSSR count). The van der Waals surface area contributed by atoms with Crippen molar-refractivity contribution in [3.63, 3.8) is 0 Å². The predicted molar refractivity (Wildman–Crippen MR) is 99.3 cm³/mol. The Bertz CT molecular complexity index is 1020. The predicted octanol–water partition coefficient (Wildman–Crippen LogP) is 5.24. The molecule has 138 valence electrons. The van der Waals surface area contributed by atoms with Gasteiger partial charge in [0.05, 0.1) is 5.70 Å². The van der Waals surface area contributed by atoms with Crippen LogP contribution in [0.4, 0.5) is 14.7 Å². The second-order valence-electron chi connectivity index (χ2n) is 5.72. The third-order valence-corrected chi connectivity index (χ3v) is 4.64. The Morgan fingerprint density at radius 2 is 1.96 bits per heavy atom. The Hall–Kier alpha value is -2.64. The molecule has 0 spiro atoms. The molecule has 3 aromatic rings. The van der Waals surface area contributed by atoms with E-state index in [1.807, 2.05) is 6.08 Å². The number of benzene rings is 2. The van der Waals surface area contributed by atoms with Gasteiger partial charge in [-0.15, -0.1) is 0 Å². The van der Waals surface area contributed by atoms with E-state index in [9.17, 15) is 8.78 Å². The van der Waals surface area contributed by atoms with Crippen LogP contribution >= 0.6 is 23.2 Å². The lowest BCUT2D eigenvalue weighted by atomic mass is 10.0. The van der Waals surface area contributed by atoms with Crippen LogP contribution in [0.1, 0.15) is 17.2 Å². The molecule has 0 unspecified atom stereocenters. The SMILES string of the molecule is FC(F)Oc1ccccc1C1=C[C@@H](c2ccc(Cl)cc2Cl)n2ncnc2N1. The zero-order valence-electron chi connectivity index (χ0n) is 13.6. The van der Waals surface area contributed by atoms with Gasteiger partial charge in [-0.25, -0.2) is 4.68 Å². The lowest BCUT2D eigenvalue weighted by Gasteiger charge is -2.25. The van der Waals surface area contributed by atoms with Crippen LogP contribution in [-0.2, 0) is 0 Å². The Morgan fingerprint density at radius 1 is 1.15 bits per heavy atom. The maximum atomic E-state index is 12.8. The van der Waals surface area contributed by atoms with Gasteiger partial charge in [-0.3, -0.25) is 0 Å². The van der Waals surface area contributed by atoms with E-state index in [-0.39, 0.29) is 5.75 Å². The van der Waals surface area contributed by atoms with Crippen LogP contribution in [-0.4, -0.2) is 21.4 Å². The molecule has 0 saturated carbocycles. The highest BCUT2D eigenvalue weighted by atomic mass is 35.5. The average molecular weight is 409 g/mol. The molecule has 0 amide bonds. The number of para-hydroxylation sites is 1. The average Bonchev–Trinajstić information content (AvgIpc) is 3.10. The highest BCUT2D eigenvalue weighted by molar-refractivity contribution is 6.35. The Kier molecular flexibility index (Phi) is 4.72. The van der Waals surface area contributed by atoms with Gasteiger partial charge in [0, 0.05) is 15.6 Å². The number of nitrogens with one attached hydrogen (secondary N) is 1. The first-order valence-electron chi connectivity index (χ1n) is 7.90. The van der Waals surface area contributed by atoms with Crippen molar-refractivity contribution in [2.24, 2.45) is 0 Å². The maximum absolute atomic E-state index is 12.8. The summed E-state index contributed by atoms with van der Waals surface area (Å²) in [4.78, 5) is 4.19. The molecule has 0 bridgehead atoms. The normalized spacial score (nSPS) is 15.9. The summed E-state index contributed by atoms with van der Waals surface area (Å²) in [7, 11) is 0. The van der Waals surface area contributed by atoms with Gasteiger partial charge in [-0.05, 0) is 35.9 Å². The summed E-state index contributed by atoms with van der Waals surface area (Å²) >= 11 is 12.4. The van der Waals surface area contributed by atoms with Crippen molar-refractivity contribution in [2.45, 2.75) is 12.7 Å². The fourth-order valence-electron chi connectivity index (χ4n) is 2.94. The maximum Gasteiger partial charge on any atom is 0.387 e. The second kappa shape index (κ2) is 7.17. The van der Waals surface area contributed by atoms with Crippen molar-refractivity contribution in [1.29, 1.82) is 0 Å². The number of nitrogens with zero attached hydrogens (tertiary/aromatic N) is 3. The number of fused-ring (bicyclic) bond motifs is 1. The van der Waals surface area contributed by atoms with E-state index in [4.69, 9.17) is 23.2 Å². The Balaban J connectivity index is 1.83. The molecule has 0 saturated heterocycles. The van der Waals surface area contributed by atoms with E-state index < -0.39 is 12.7 Å². The van der Waals surface area contributed by atoms with E-state index in [2.05, 4.69) is 20.1 Å². The van der Waals surface area contributed by atoms with Gasteiger partial charge < -0.3 is 10.1 Å². The molecule has 5 nitrogen and oxygen atoms in total. The third-order valence-electron chi connectivity index (χ3n) is 4.08. The quantitative estimate of drug-likeness (QED) is 0.640. The molecule has 9 heteroatoms. The van der Waals surface area contributed by atoms with E-state index in [0.29, 0.717) is 27.3 Å². The molecular weight excluding hydrogens is 397 g/mol. The summed E-state index contributed by atoms with van der Waals surface area (Å²) in [6.45, 7) is -2.93. The minimum atomic E-state index is -2.93. The molecule has 1 atom stereocenters. The first kappa shape index (κ1) is 17.8. The molecule has 2 aromatic carbocycles. The van der Waals surface area contributed by atoms with Crippen molar-refractivity contribution in [2.75, 3.05) is 5.32 Å². The van der Waals surface area contributed by atoms with Crippen LogP contribution in [0.2, 0.25) is 10.0 Å². The first-order valence-corrected chi connectivity index (χ1v) is 8.66. The van der Waals surface area contributed by atoms with Crippen LogP contribution < -0.4 is 10.1 Å². The van der Waals surface area contributed by atoms with Crippen LogP contribution in [0.3, 0.4) is 0 Å². The summed E-state index contributed by atoms with van der Waals surface area (Å²) in [5.41, 5.74) is 1.78. The fraction of sp³-hybridized carbons (Fsp3) is 0.111. The zero-order chi connectivity index (χ0) is 19.0. The van der Waals surface area contributed by atoms with Gasteiger partial charge in [0.1, 0.15) is 18.1 Å². The number of hydrogen-bond acceptors (Lipinski definition) is 4. The Morgan fingerprint density at radius 3 is 2.74 bits per heavy atom. The van der Waals surface area contributed by atoms with E-state index in [0.717, 1.165) is 5.56 Å². The number of hydrogen-bond donors (Lipinski definition) is 1. The fourth-order valence-corrected chi connectivity index (χ4v) is 3.46. The smallest absolute Gasteiger partial charge is 0.387 e. The van der Waals surface area contributed by atoms with Gasteiger partial charge in [0.25, 0.3) is 0 Å². The summed E-state index contributed by atoms with van der Waals surface area (Å²) in [6, 6.07) is 11.3. The van der Waals surface area contributed by atoms with Gasteiger partial charge in [-0.2, -0.15) is 18.9 Å². The lowest BCUT2D eigenvalue weighted by molar-refractivity contribution is -0.0500. The molecule has 0 fully saturated rings. The summed E-state index contributed by atoms with van der Waals surface area (Å²) < 4.78 is 31.8. The van der Waals surface area contributed by atoms with E-state index >= 15 is 0 Å². The first-order chi connectivity index (χ1) is 13.0. The summed E-state index contributed by atoms with van der Waals surface area (Å²) in [5.74, 6) is 0.510. The van der Waals surface area contributed by atoms with Crippen molar-refractivity contribution in [3.8, 4) is 5.75 Å². The third kappa shape index (κ3) is 3.48. The van der Waals surface area contributed by atoms with E-state index in [1.54, 1.807) is 41.1 Å². The van der Waals surface area contributed by atoms with E-state index in [1.165, 1.54) is 12.4 Å². The van der Waals surface area contributed by atoms with Gasteiger partial charge in [0.2, 0.25) is 5.95 Å².